The summed E-state index contributed by atoms with van der Waals surface area (Å²) >= 11 is 0. The Bertz CT molecular complexity index is 708. The average molecular weight is 382 g/mol. The monoisotopic (exact) mass is 381 g/mol. The van der Waals surface area contributed by atoms with Crippen molar-refractivity contribution in [1.29, 1.82) is 0 Å². The first-order valence-electron chi connectivity index (χ1n) is 6.78. The number of ether oxygens (including phenoxy) is 3. The summed E-state index contributed by atoms with van der Waals surface area (Å²) in [7, 11) is 2.77. The summed E-state index contributed by atoms with van der Waals surface area (Å²) in [4.78, 5) is 0. The molecule has 0 saturated carbocycles. The summed E-state index contributed by atoms with van der Waals surface area (Å²) in [5.74, 6) is -0.497. The Morgan fingerprint density at radius 3 is 1.96 bits per heavy atom. The van der Waals surface area contributed by atoms with Crippen molar-refractivity contribution in [1.82, 2.24) is 0 Å². The maximum atomic E-state index is 14.2. The molecule has 2 N–H and O–H groups in total. The first kappa shape index (κ1) is 20.9. The number of benzene rings is 2. The van der Waals surface area contributed by atoms with Crippen molar-refractivity contribution >= 4 is 12.4 Å². The molecule has 0 aromatic heterocycles. The van der Waals surface area contributed by atoms with E-state index in [1.165, 1.54) is 32.4 Å². The molecule has 0 aliphatic heterocycles. The minimum atomic E-state index is -4.78. The highest BCUT2D eigenvalue weighted by Crippen LogP contribution is 2.34. The van der Waals surface area contributed by atoms with Crippen LogP contribution in [0.2, 0.25) is 0 Å². The summed E-state index contributed by atoms with van der Waals surface area (Å²) in [6.45, 7) is 0. The van der Waals surface area contributed by atoms with Gasteiger partial charge in [0.25, 0.3) is 0 Å². The van der Waals surface area contributed by atoms with Crippen LogP contribution in [0.3, 0.4) is 0 Å². The first-order chi connectivity index (χ1) is 11.2. The molecule has 0 spiro atoms. The minimum absolute atomic E-state index is 0. The molecule has 0 bridgehead atoms. The van der Waals surface area contributed by atoms with E-state index < -0.39 is 18.2 Å². The molecule has 0 radical (unpaired) electrons. The highest BCUT2D eigenvalue weighted by molar-refractivity contribution is 5.85. The second kappa shape index (κ2) is 8.26. The number of rotatable bonds is 5. The van der Waals surface area contributed by atoms with Crippen LogP contribution in [0.1, 0.15) is 17.2 Å². The Hall–Kier alpha value is -2.19. The maximum absolute atomic E-state index is 14.2. The molecule has 2 rings (SSSR count). The van der Waals surface area contributed by atoms with E-state index in [9.17, 15) is 17.6 Å². The standard InChI is InChI=1S/C16H15F4NO3.ClH/c1-22-13-7-11(12(17)8-14(13)23-2)15(21)9-3-5-10(6-4-9)24-16(18,19)20;/h3-8,15H,21H2,1-2H3;1H/t15-;/m0./s1. The molecule has 0 saturated heterocycles. The molecule has 2 aromatic rings. The van der Waals surface area contributed by atoms with Crippen molar-refractivity contribution in [2.24, 2.45) is 5.73 Å². The summed E-state index contributed by atoms with van der Waals surface area (Å²) in [5, 5.41) is 0. The number of methoxy groups -OCH3 is 2. The van der Waals surface area contributed by atoms with Crippen molar-refractivity contribution in [2.75, 3.05) is 14.2 Å². The SMILES string of the molecule is COc1cc(F)c([C@@H](N)c2ccc(OC(F)(F)F)cc2)cc1OC.Cl. The van der Waals surface area contributed by atoms with Gasteiger partial charge in [-0.1, -0.05) is 12.1 Å². The van der Waals surface area contributed by atoms with Gasteiger partial charge in [-0.3, -0.25) is 0 Å². The molecule has 4 nitrogen and oxygen atoms in total. The van der Waals surface area contributed by atoms with Gasteiger partial charge in [-0.25, -0.2) is 4.39 Å². The molecule has 2 aromatic carbocycles. The molecular weight excluding hydrogens is 366 g/mol. The van der Waals surface area contributed by atoms with E-state index in [4.69, 9.17) is 15.2 Å². The summed E-state index contributed by atoms with van der Waals surface area (Å²) in [5.41, 5.74) is 6.55. The predicted molar refractivity (Wildman–Crippen MR) is 85.9 cm³/mol. The van der Waals surface area contributed by atoms with Crippen LogP contribution >= 0.6 is 12.4 Å². The van der Waals surface area contributed by atoms with E-state index in [0.29, 0.717) is 11.3 Å². The largest absolute Gasteiger partial charge is 0.573 e. The van der Waals surface area contributed by atoms with Gasteiger partial charge in [0.15, 0.2) is 11.5 Å². The Kier molecular flexibility index (Phi) is 6.89. The lowest BCUT2D eigenvalue weighted by atomic mass is 9.98. The van der Waals surface area contributed by atoms with Crippen molar-refractivity contribution in [3.63, 3.8) is 0 Å². The molecule has 138 valence electrons. The van der Waals surface area contributed by atoms with Crippen molar-refractivity contribution in [3.05, 3.63) is 53.3 Å². The molecule has 0 aliphatic carbocycles. The van der Waals surface area contributed by atoms with Crippen LogP contribution in [0.5, 0.6) is 17.2 Å². The van der Waals surface area contributed by atoms with Crippen LogP contribution in [-0.4, -0.2) is 20.6 Å². The van der Waals surface area contributed by atoms with E-state index >= 15 is 0 Å². The van der Waals surface area contributed by atoms with Crippen molar-refractivity contribution in [3.8, 4) is 17.2 Å². The summed E-state index contributed by atoms with van der Waals surface area (Å²) in [6.07, 6.45) is -4.78. The van der Waals surface area contributed by atoms with Crippen LogP contribution in [-0.2, 0) is 0 Å². The number of nitrogens with two attached hydrogens (primary N) is 1. The van der Waals surface area contributed by atoms with Crippen LogP contribution in [0.4, 0.5) is 17.6 Å². The molecule has 0 fully saturated rings. The van der Waals surface area contributed by atoms with E-state index in [1.807, 2.05) is 0 Å². The van der Waals surface area contributed by atoms with E-state index in [2.05, 4.69) is 4.74 Å². The smallest absolute Gasteiger partial charge is 0.493 e. The van der Waals surface area contributed by atoms with Crippen molar-refractivity contribution in [2.45, 2.75) is 12.4 Å². The zero-order valence-electron chi connectivity index (χ0n) is 13.3. The normalized spacial score (nSPS) is 12.1. The first-order valence-corrected chi connectivity index (χ1v) is 6.78. The fourth-order valence-electron chi connectivity index (χ4n) is 2.16. The second-order valence-corrected chi connectivity index (χ2v) is 4.82. The van der Waals surface area contributed by atoms with Gasteiger partial charge in [-0.05, 0) is 23.8 Å². The van der Waals surface area contributed by atoms with Crippen LogP contribution < -0.4 is 19.9 Å². The van der Waals surface area contributed by atoms with E-state index in [0.717, 1.165) is 18.2 Å². The third-order valence-corrected chi connectivity index (χ3v) is 3.31. The fraction of sp³-hybridized carbons (Fsp3) is 0.250. The lowest BCUT2D eigenvalue weighted by molar-refractivity contribution is -0.274. The summed E-state index contributed by atoms with van der Waals surface area (Å²) < 4.78 is 64.5. The van der Waals surface area contributed by atoms with Gasteiger partial charge in [-0.2, -0.15) is 0 Å². The lowest BCUT2D eigenvalue weighted by Gasteiger charge is -2.17. The number of hydrogen-bond donors (Lipinski definition) is 1. The highest BCUT2D eigenvalue weighted by atomic mass is 35.5. The molecule has 9 heteroatoms. The molecule has 25 heavy (non-hydrogen) atoms. The maximum Gasteiger partial charge on any atom is 0.573 e. The molecule has 0 aliphatic rings. The quantitative estimate of drug-likeness (QED) is 0.788. The van der Waals surface area contributed by atoms with Gasteiger partial charge in [0.2, 0.25) is 0 Å². The van der Waals surface area contributed by atoms with Gasteiger partial charge in [0, 0.05) is 11.6 Å². The van der Waals surface area contributed by atoms with Gasteiger partial charge in [0.05, 0.1) is 20.3 Å². The van der Waals surface area contributed by atoms with E-state index in [1.54, 1.807) is 0 Å². The number of halogens is 5. The third kappa shape index (κ3) is 5.14. The van der Waals surface area contributed by atoms with Gasteiger partial charge < -0.3 is 19.9 Å². The topological polar surface area (TPSA) is 53.7 Å². The molecular formula is C16H16ClF4NO3. The number of hydrogen-bond acceptors (Lipinski definition) is 4. The Morgan fingerprint density at radius 2 is 1.48 bits per heavy atom. The van der Waals surface area contributed by atoms with Crippen molar-refractivity contribution < 1.29 is 31.8 Å². The molecule has 0 amide bonds. The lowest BCUT2D eigenvalue weighted by Crippen LogP contribution is -2.17. The minimum Gasteiger partial charge on any atom is -0.493 e. The summed E-state index contributed by atoms with van der Waals surface area (Å²) in [6, 6.07) is 6.52. The number of alkyl halides is 3. The van der Waals surface area contributed by atoms with Gasteiger partial charge in [0.1, 0.15) is 11.6 Å². The van der Waals surface area contributed by atoms with Crippen LogP contribution in [0.15, 0.2) is 36.4 Å². The molecule has 0 heterocycles. The average Bonchev–Trinajstić information content (AvgIpc) is 2.53. The Morgan fingerprint density at radius 1 is 0.960 bits per heavy atom. The van der Waals surface area contributed by atoms with Gasteiger partial charge >= 0.3 is 6.36 Å². The molecule has 1 atom stereocenters. The van der Waals surface area contributed by atoms with Crippen LogP contribution in [0, 0.1) is 5.82 Å². The third-order valence-electron chi connectivity index (χ3n) is 3.31. The highest BCUT2D eigenvalue weighted by Gasteiger charge is 2.31. The van der Waals surface area contributed by atoms with E-state index in [-0.39, 0.29) is 29.5 Å². The second-order valence-electron chi connectivity index (χ2n) is 4.82. The fourth-order valence-corrected chi connectivity index (χ4v) is 2.16. The predicted octanol–water partition coefficient (Wildman–Crippen LogP) is 4.21. The molecule has 0 unspecified atom stereocenters. The Balaban J connectivity index is 0.00000312. The zero-order chi connectivity index (χ0) is 17.9. The van der Waals surface area contributed by atoms with Gasteiger partial charge in [-0.15, -0.1) is 25.6 Å². The Labute approximate surface area is 147 Å². The zero-order valence-corrected chi connectivity index (χ0v) is 14.1. The van der Waals surface area contributed by atoms with Crippen LogP contribution in [0.25, 0.3) is 0 Å².